The number of ether oxygens (including phenoxy) is 1. The molecule has 1 N–H and O–H groups in total. The first kappa shape index (κ1) is 16.4. The molecule has 22 heavy (non-hydrogen) atoms. The molecule has 0 unspecified atom stereocenters. The van der Waals surface area contributed by atoms with Gasteiger partial charge in [0.2, 0.25) is 0 Å². The number of urea groups is 1. The quantitative estimate of drug-likeness (QED) is 0.827. The zero-order valence-corrected chi connectivity index (χ0v) is 13.7. The first-order chi connectivity index (χ1) is 10.6. The molecule has 2 aromatic heterocycles. The van der Waals surface area contributed by atoms with Crippen LogP contribution in [0.15, 0.2) is 17.9 Å². The molecule has 0 aliphatic carbocycles. The number of nitrogens with one attached hydrogen (secondary N) is 1. The van der Waals surface area contributed by atoms with Crippen LogP contribution in [0.4, 0.5) is 4.79 Å². The van der Waals surface area contributed by atoms with E-state index in [0.717, 1.165) is 5.01 Å². The largest absolute Gasteiger partial charge is 0.383 e. The summed E-state index contributed by atoms with van der Waals surface area (Å²) in [7, 11) is 3.46. The molecule has 2 rings (SSSR count). The zero-order chi connectivity index (χ0) is 15.9. The maximum absolute atomic E-state index is 12.5. The van der Waals surface area contributed by atoms with Gasteiger partial charge in [-0.2, -0.15) is 0 Å². The summed E-state index contributed by atoms with van der Waals surface area (Å²) < 4.78 is 6.86. The lowest BCUT2D eigenvalue weighted by atomic mass is 10.3. The van der Waals surface area contributed by atoms with Crippen LogP contribution in [0.3, 0.4) is 0 Å². The summed E-state index contributed by atoms with van der Waals surface area (Å²) in [5.41, 5.74) is 0. The number of nitrogens with zero attached hydrogens (tertiary/aromatic N) is 5. The molecule has 120 valence electrons. The van der Waals surface area contributed by atoms with Crippen molar-refractivity contribution in [2.24, 2.45) is 7.05 Å². The van der Waals surface area contributed by atoms with Crippen molar-refractivity contribution in [1.29, 1.82) is 0 Å². The van der Waals surface area contributed by atoms with Gasteiger partial charge in [0.1, 0.15) is 11.3 Å². The van der Waals surface area contributed by atoms with Crippen LogP contribution in [-0.4, -0.2) is 50.9 Å². The number of carbonyl (C=O) groups excluding carboxylic acids is 1. The Labute approximate surface area is 133 Å². The Morgan fingerprint density at radius 1 is 1.59 bits per heavy atom. The molecule has 0 aromatic carbocycles. The highest BCUT2D eigenvalue weighted by molar-refractivity contribution is 7.09. The number of carbonyl (C=O) groups is 1. The van der Waals surface area contributed by atoms with E-state index in [-0.39, 0.29) is 12.1 Å². The van der Waals surface area contributed by atoms with Crippen molar-refractivity contribution in [3.05, 3.63) is 28.7 Å². The van der Waals surface area contributed by atoms with Gasteiger partial charge >= 0.3 is 6.03 Å². The summed E-state index contributed by atoms with van der Waals surface area (Å²) in [6.07, 6.45) is 3.34. The molecule has 0 radical (unpaired) electrons. The van der Waals surface area contributed by atoms with E-state index >= 15 is 0 Å². The highest BCUT2D eigenvalue weighted by Crippen LogP contribution is 2.11. The summed E-state index contributed by atoms with van der Waals surface area (Å²) in [6.45, 7) is 3.29. The molecule has 8 nitrogen and oxygen atoms in total. The van der Waals surface area contributed by atoms with Crippen molar-refractivity contribution in [2.45, 2.75) is 19.5 Å². The van der Waals surface area contributed by atoms with Gasteiger partial charge in [-0.05, 0) is 6.92 Å². The van der Waals surface area contributed by atoms with Crippen LogP contribution in [0, 0.1) is 0 Å². The highest BCUT2D eigenvalue weighted by Gasteiger charge is 2.19. The van der Waals surface area contributed by atoms with E-state index in [1.807, 2.05) is 19.4 Å². The van der Waals surface area contributed by atoms with E-state index in [0.29, 0.717) is 25.5 Å². The number of amides is 2. The monoisotopic (exact) mass is 324 g/mol. The molecule has 2 amide bonds. The Bertz CT molecular complexity index is 585. The summed E-state index contributed by atoms with van der Waals surface area (Å²) in [6, 6.07) is -0.413. The molecule has 0 spiro atoms. The van der Waals surface area contributed by atoms with E-state index in [4.69, 9.17) is 4.74 Å². The summed E-state index contributed by atoms with van der Waals surface area (Å²) in [5, 5.41) is 13.5. The second kappa shape index (κ2) is 7.85. The van der Waals surface area contributed by atoms with Crippen LogP contribution < -0.4 is 5.32 Å². The van der Waals surface area contributed by atoms with Gasteiger partial charge in [-0.1, -0.05) is 0 Å². The number of hydrogen-bond donors (Lipinski definition) is 1. The molecule has 2 heterocycles. The van der Waals surface area contributed by atoms with Crippen LogP contribution in [-0.2, 0) is 18.3 Å². The van der Waals surface area contributed by atoms with E-state index in [1.165, 1.54) is 11.3 Å². The fourth-order valence-electron chi connectivity index (χ4n) is 1.97. The number of rotatable bonds is 7. The number of aromatic nitrogens is 4. The van der Waals surface area contributed by atoms with Crippen molar-refractivity contribution < 1.29 is 9.53 Å². The lowest BCUT2D eigenvalue weighted by Gasteiger charge is -2.24. The van der Waals surface area contributed by atoms with E-state index < -0.39 is 0 Å². The number of hydrogen-bond acceptors (Lipinski definition) is 6. The van der Waals surface area contributed by atoms with Crippen molar-refractivity contribution in [2.75, 3.05) is 20.3 Å². The number of thiazole rings is 1. The molecule has 0 saturated heterocycles. The number of aryl methyl sites for hydroxylation is 1. The van der Waals surface area contributed by atoms with Gasteiger partial charge in [-0.15, -0.1) is 21.5 Å². The number of methoxy groups -OCH3 is 1. The molecule has 0 fully saturated rings. The minimum atomic E-state index is -0.235. The minimum Gasteiger partial charge on any atom is -0.383 e. The Morgan fingerprint density at radius 2 is 2.41 bits per heavy atom. The minimum absolute atomic E-state index is 0.178. The van der Waals surface area contributed by atoms with Gasteiger partial charge in [0.05, 0.1) is 19.2 Å². The maximum Gasteiger partial charge on any atom is 0.318 e. The highest BCUT2D eigenvalue weighted by atomic mass is 32.1. The van der Waals surface area contributed by atoms with Crippen molar-refractivity contribution in [1.82, 2.24) is 30.0 Å². The van der Waals surface area contributed by atoms with Crippen LogP contribution in [0.2, 0.25) is 0 Å². The first-order valence-corrected chi connectivity index (χ1v) is 7.76. The van der Waals surface area contributed by atoms with Crippen LogP contribution >= 0.6 is 11.3 Å². The SMILES string of the molecule is COCCN(Cc1nccs1)C(=O)N[C@@H](C)c1nncn1C. The van der Waals surface area contributed by atoms with Crippen LogP contribution in [0.1, 0.15) is 23.8 Å². The summed E-state index contributed by atoms with van der Waals surface area (Å²) in [5.74, 6) is 0.703. The normalized spacial score (nSPS) is 12.1. The predicted molar refractivity (Wildman–Crippen MR) is 82.3 cm³/mol. The third-order valence-corrected chi connectivity index (χ3v) is 3.90. The van der Waals surface area contributed by atoms with Gasteiger partial charge in [0.25, 0.3) is 0 Å². The molecule has 0 aliphatic rings. The topological polar surface area (TPSA) is 85.2 Å². The van der Waals surface area contributed by atoms with Gasteiger partial charge in [-0.3, -0.25) is 0 Å². The van der Waals surface area contributed by atoms with E-state index in [1.54, 1.807) is 29.1 Å². The molecular formula is C13H20N6O2S. The Kier molecular flexibility index (Phi) is 5.84. The second-order valence-electron chi connectivity index (χ2n) is 4.81. The average molecular weight is 324 g/mol. The van der Waals surface area contributed by atoms with E-state index in [9.17, 15) is 4.79 Å². The molecule has 0 aliphatic heterocycles. The van der Waals surface area contributed by atoms with Gasteiger partial charge in [0, 0.05) is 32.3 Å². The fourth-order valence-corrected chi connectivity index (χ4v) is 2.60. The van der Waals surface area contributed by atoms with Crippen LogP contribution in [0.5, 0.6) is 0 Å². The van der Waals surface area contributed by atoms with Gasteiger partial charge < -0.3 is 19.5 Å². The first-order valence-electron chi connectivity index (χ1n) is 6.88. The lowest BCUT2D eigenvalue weighted by molar-refractivity contribution is 0.144. The zero-order valence-electron chi connectivity index (χ0n) is 12.9. The standard InChI is InChI=1S/C13H20N6O2S/c1-10(12-17-15-9-18(12)2)16-13(20)19(5-6-21-3)8-11-14-4-7-22-11/h4,7,9-10H,5-6,8H2,1-3H3,(H,16,20)/t10-/m0/s1. The second-order valence-corrected chi connectivity index (χ2v) is 5.79. The van der Waals surface area contributed by atoms with Gasteiger partial charge in [-0.25, -0.2) is 9.78 Å². The average Bonchev–Trinajstić information content (AvgIpc) is 3.14. The van der Waals surface area contributed by atoms with Crippen molar-refractivity contribution in [3.63, 3.8) is 0 Å². The van der Waals surface area contributed by atoms with E-state index in [2.05, 4.69) is 20.5 Å². The maximum atomic E-state index is 12.5. The fraction of sp³-hybridized carbons (Fsp3) is 0.538. The predicted octanol–water partition coefficient (Wildman–Crippen LogP) is 1.19. The Balaban J connectivity index is 2.00. The third-order valence-electron chi connectivity index (χ3n) is 3.14. The molecular weight excluding hydrogens is 304 g/mol. The van der Waals surface area contributed by atoms with Gasteiger partial charge in [0.15, 0.2) is 5.82 Å². The Morgan fingerprint density at radius 3 is 3.00 bits per heavy atom. The molecule has 9 heteroatoms. The smallest absolute Gasteiger partial charge is 0.318 e. The third kappa shape index (κ3) is 4.25. The molecule has 0 saturated carbocycles. The summed E-state index contributed by atoms with van der Waals surface area (Å²) >= 11 is 1.52. The molecule has 0 bridgehead atoms. The van der Waals surface area contributed by atoms with Crippen molar-refractivity contribution in [3.8, 4) is 0 Å². The van der Waals surface area contributed by atoms with Crippen LogP contribution in [0.25, 0.3) is 0 Å². The Hall–Kier alpha value is -2.00. The lowest BCUT2D eigenvalue weighted by Crippen LogP contribution is -2.42. The summed E-state index contributed by atoms with van der Waals surface area (Å²) in [4.78, 5) is 18.4. The van der Waals surface area contributed by atoms with Crippen molar-refractivity contribution >= 4 is 17.4 Å². The molecule has 2 aromatic rings. The molecule has 1 atom stereocenters.